The van der Waals surface area contributed by atoms with E-state index in [1.807, 2.05) is 24.3 Å². The van der Waals surface area contributed by atoms with E-state index in [0.717, 1.165) is 158 Å². The summed E-state index contributed by atoms with van der Waals surface area (Å²) in [6, 6.07) is 67.0. The van der Waals surface area contributed by atoms with E-state index in [-0.39, 0.29) is 17.4 Å². The fraction of sp³-hybridized carbons (Fsp3) is 0.281. The third kappa shape index (κ3) is 8.57. The van der Waals surface area contributed by atoms with Gasteiger partial charge in [-0.15, -0.1) is 0 Å². The molecule has 20 bridgehead atoms. The average molecular weight is 1500 g/mol. The van der Waals surface area contributed by atoms with Crippen LogP contribution in [0, 0.1) is 45.3 Å². The Kier molecular flexibility index (Phi) is 12.6. The van der Waals surface area contributed by atoms with Gasteiger partial charge in [0.1, 0.15) is 45.2 Å². The van der Waals surface area contributed by atoms with E-state index in [4.69, 9.17) is 77.6 Å². The number of fused-ring (bicyclic) bond motifs is 28. The second-order valence-corrected chi connectivity index (χ2v) is 39.7. The molecule has 4 aromatic heterocycles. The molecule has 28 rings (SSSR count). The molecule has 546 valence electrons. The zero-order valence-electron chi connectivity index (χ0n) is 61.3. The summed E-state index contributed by atoms with van der Waals surface area (Å²) in [7, 11) is -7.39. The lowest BCUT2D eigenvalue weighted by Crippen LogP contribution is -2.67. The number of hydrogen-bond acceptors (Lipinski definition) is 17. The van der Waals surface area contributed by atoms with Gasteiger partial charge in [-0.2, -0.15) is 0 Å². The number of aliphatic imine (C=N–C) groups is 8. The predicted molar refractivity (Wildman–Crippen MR) is 433 cm³/mol. The van der Waals surface area contributed by atoms with Crippen LogP contribution in [0.2, 0.25) is 0 Å². The summed E-state index contributed by atoms with van der Waals surface area (Å²) in [6.07, 6.45) is 11.8. The number of rotatable bonds is 11. The van der Waals surface area contributed by atoms with Gasteiger partial charge in [0.2, 0.25) is 0 Å². The summed E-state index contributed by atoms with van der Waals surface area (Å²) in [6.45, 7) is 1.18. The van der Waals surface area contributed by atoms with Gasteiger partial charge < -0.3 is 22.8 Å². The molecule has 8 fully saturated rings. The number of aliphatic hydroxyl groups excluding tert-OH is 1. The molecule has 6 atom stereocenters. The summed E-state index contributed by atoms with van der Waals surface area (Å²) in [4.78, 5) is 68.3. The third-order valence-corrected chi connectivity index (χ3v) is 33.6. The highest BCUT2D eigenvalue weighted by atomic mass is 28.4. The van der Waals surface area contributed by atoms with E-state index < -0.39 is 28.6 Å². The highest BCUT2D eigenvalue weighted by Gasteiger charge is 2.65. The van der Waals surface area contributed by atoms with E-state index in [1.165, 1.54) is 6.42 Å². The molecule has 8 aromatic carbocycles. The average Bonchev–Trinajstić information content (AvgIpc) is 1.49. The van der Waals surface area contributed by atoms with Gasteiger partial charge in [0.05, 0.1) is 0 Å². The van der Waals surface area contributed by atoms with Crippen LogP contribution in [-0.2, 0) is 17.7 Å². The maximum Gasteiger partial charge on any atom is 0.603 e. The van der Waals surface area contributed by atoms with Crippen LogP contribution >= 0.6 is 0 Å². The fourth-order valence-electron chi connectivity index (χ4n) is 24.3. The monoisotopic (exact) mass is 1500 g/mol. The van der Waals surface area contributed by atoms with Gasteiger partial charge in [0.15, 0.2) is 46.7 Å². The third-order valence-electron chi connectivity index (χ3n) is 27.5. The first-order valence-corrected chi connectivity index (χ1v) is 43.1. The van der Waals surface area contributed by atoms with E-state index in [9.17, 15) is 5.11 Å². The Morgan fingerprint density at radius 1 is 0.295 bits per heavy atom. The fourth-order valence-corrected chi connectivity index (χ4v) is 31.0. The number of hydrogen-bond donors (Lipinski definition) is 1. The molecule has 112 heavy (non-hydrogen) atoms. The largest absolute Gasteiger partial charge is 0.603 e. The zero-order valence-corrected chi connectivity index (χ0v) is 63.3. The van der Waals surface area contributed by atoms with Crippen LogP contribution in [0.25, 0.3) is 43.1 Å². The molecule has 21 nitrogen and oxygen atoms in total. The maximum absolute atomic E-state index is 11.7. The van der Waals surface area contributed by atoms with E-state index in [0.29, 0.717) is 135 Å². The van der Waals surface area contributed by atoms with Crippen molar-refractivity contribution < 1.29 is 22.8 Å². The first-order chi connectivity index (χ1) is 55.0. The second kappa shape index (κ2) is 22.3. The standard InChI is InChI=1S/C89H72N16O5Si2/c1-107-111(102-78-62-26-10-11-27-63(62)80(102)96-72-56-20-4-5-21-57(56)73(91-72)97-81-65-29-13-12-28-64(65)79(103(81)111)95-71-55-19-3-2-18-54(55)70(90-71)94-78)108-47-88-40-52-35-53(41-88)43-89(42-52,45-88)49-110-112(109-48-87-38-50-34-51(39-87)37-86(36-50,44-87)46-106)104-82-66-30-14-15-31-67(66)84(104)100-76-60-24-8-9-25-61(60)77(93-76)101-85-69-33-17-16-32-68(69)83(105(85)112)99-75-59-23-7-6-22-58(59)74(92-75)98-82/h2-33,50-53,106H,34-49H2,1H3. The van der Waals surface area contributed by atoms with Gasteiger partial charge in [-0.25, -0.2) is 59.9 Å². The van der Waals surface area contributed by atoms with E-state index in [2.05, 4.69) is 187 Å². The van der Waals surface area contributed by atoms with Crippen molar-refractivity contribution in [3.63, 3.8) is 0 Å². The number of amidine groups is 8. The van der Waals surface area contributed by atoms with Crippen molar-refractivity contribution in [1.82, 2.24) is 16.9 Å². The Bertz CT molecular complexity index is 6590. The van der Waals surface area contributed by atoms with E-state index >= 15 is 0 Å². The first kappa shape index (κ1) is 63.4. The number of aliphatic hydroxyl groups is 1. The normalized spacial score (nSPS) is 28.7. The lowest BCUT2D eigenvalue weighted by molar-refractivity contribution is -0.153. The number of nitrogens with zero attached hydrogens (tertiary/aromatic N) is 16. The molecule has 23 heteroatoms. The molecule has 0 amide bonds. The van der Waals surface area contributed by atoms with Crippen LogP contribution in [0.1, 0.15) is 122 Å². The Morgan fingerprint density at radius 2 is 0.527 bits per heavy atom. The lowest BCUT2D eigenvalue weighted by atomic mass is 9.44. The maximum atomic E-state index is 11.7. The number of aromatic nitrogens is 4. The van der Waals surface area contributed by atoms with Crippen LogP contribution in [-0.4, -0.2) is 120 Å². The summed E-state index contributed by atoms with van der Waals surface area (Å²) in [5, 5.41) is 18.6. The van der Waals surface area contributed by atoms with Gasteiger partial charge in [-0.1, -0.05) is 194 Å². The second-order valence-electron chi connectivity index (χ2n) is 34.5. The molecule has 8 aliphatic heterocycles. The summed E-state index contributed by atoms with van der Waals surface area (Å²) in [5.74, 6) is 8.45. The van der Waals surface area contributed by atoms with Crippen molar-refractivity contribution in [2.45, 2.75) is 77.0 Å². The molecule has 8 saturated carbocycles. The quantitative estimate of drug-likeness (QED) is 0.124. The minimum atomic E-state index is -4.70. The predicted octanol–water partition coefficient (Wildman–Crippen LogP) is 13.6. The lowest BCUT2D eigenvalue weighted by Gasteiger charge is -2.63. The Balaban J connectivity index is 0.700. The number of benzene rings is 8. The smallest absolute Gasteiger partial charge is 0.396 e. The Labute approximate surface area is 643 Å². The van der Waals surface area contributed by atoms with Crippen LogP contribution in [0.3, 0.4) is 0 Å². The SMILES string of the molecule is CO[Si]1(OCC23CC4CC(C2)CC(CO[Si]2(OCC56CC7CC(CC(CO)(C7)C5)C6)n5c6c7ccccc7c5N=C5N=C(N=c7c8ccccc8c(n72)=NC2=NC(=N6)c6ccccc62)c2ccccc25)(C4)C3)n2c3c4ccccc4c2N=C2N=C(N=c4c5ccccc5c(n41)=NC1=NC(=N3)c3ccccc31)c1ccccc12. The Hall–Kier alpha value is -11.3. The molecule has 0 spiro atoms. The molecular weight excluding hydrogens is 1430 g/mol. The highest BCUT2D eigenvalue weighted by Crippen LogP contribution is 2.68. The molecule has 0 saturated heterocycles. The summed E-state index contributed by atoms with van der Waals surface area (Å²) < 4.78 is 42.8. The van der Waals surface area contributed by atoms with Crippen molar-refractivity contribution in [3.05, 3.63) is 261 Å². The molecule has 12 heterocycles. The van der Waals surface area contributed by atoms with Gasteiger partial charge in [-0.05, 0) is 122 Å². The van der Waals surface area contributed by atoms with Gasteiger partial charge in [-0.3, -0.25) is 16.9 Å². The molecule has 8 aliphatic carbocycles. The summed E-state index contributed by atoms with van der Waals surface area (Å²) >= 11 is 0. The van der Waals surface area contributed by atoms with Gasteiger partial charge in [0.25, 0.3) is 0 Å². The molecule has 12 aromatic rings. The van der Waals surface area contributed by atoms with Crippen molar-refractivity contribution >= 4 is 131 Å². The Morgan fingerprint density at radius 3 is 0.812 bits per heavy atom. The van der Waals surface area contributed by atoms with Crippen molar-refractivity contribution in [2.24, 2.45) is 105 Å². The summed E-state index contributed by atoms with van der Waals surface area (Å²) in [5.41, 5.74) is 8.24. The first-order valence-electron chi connectivity index (χ1n) is 39.6. The van der Waals surface area contributed by atoms with E-state index in [1.54, 1.807) is 7.11 Å². The molecule has 16 aliphatic rings. The zero-order chi connectivity index (χ0) is 73.3. The van der Waals surface area contributed by atoms with Crippen LogP contribution in [0.15, 0.2) is 254 Å². The van der Waals surface area contributed by atoms with Crippen molar-refractivity contribution in [2.75, 3.05) is 33.5 Å². The highest BCUT2D eigenvalue weighted by molar-refractivity contribution is 6.67. The minimum Gasteiger partial charge on any atom is -0.396 e. The van der Waals surface area contributed by atoms with Gasteiger partial charge >= 0.3 is 17.8 Å². The van der Waals surface area contributed by atoms with Crippen LogP contribution in [0.4, 0.5) is 23.3 Å². The van der Waals surface area contributed by atoms with Crippen LogP contribution < -0.4 is 22.0 Å². The van der Waals surface area contributed by atoms with Crippen LogP contribution in [0.5, 0.6) is 0 Å². The minimum absolute atomic E-state index is 0.163. The molecular formula is C89H72N16O5Si2. The van der Waals surface area contributed by atoms with Crippen molar-refractivity contribution in [1.29, 1.82) is 0 Å². The molecule has 0 radical (unpaired) electrons. The topological polar surface area (TPSA) is 225 Å². The van der Waals surface area contributed by atoms with Crippen molar-refractivity contribution in [3.8, 4) is 0 Å². The molecule has 6 unspecified atom stereocenters. The molecule has 1 N–H and O–H groups in total. The van der Waals surface area contributed by atoms with Gasteiger partial charge in [0, 0.05) is 121 Å².